The first-order valence-electron chi connectivity index (χ1n) is 5.51. The van der Waals surface area contributed by atoms with E-state index in [2.05, 4.69) is 6.07 Å². The van der Waals surface area contributed by atoms with Crippen molar-refractivity contribution in [3.63, 3.8) is 0 Å². The summed E-state index contributed by atoms with van der Waals surface area (Å²) in [7, 11) is 0. The molecule has 2 nitrogen and oxygen atoms in total. The van der Waals surface area contributed by atoms with Gasteiger partial charge in [0.05, 0.1) is 17.6 Å². The molecule has 0 aliphatic heterocycles. The maximum Gasteiger partial charge on any atom is 0.141 e. The molecule has 0 saturated heterocycles. The Hall–Kier alpha value is -2.36. The highest BCUT2D eigenvalue weighted by atomic mass is 35.5. The van der Waals surface area contributed by atoms with Crippen LogP contribution in [0.25, 0.3) is 0 Å². The molecule has 0 radical (unpaired) electrons. The zero-order valence-electron chi connectivity index (χ0n) is 9.77. The second-order valence-corrected chi connectivity index (χ2v) is 4.31. The molecule has 0 aliphatic rings. The molecule has 0 saturated carbocycles. The summed E-state index contributed by atoms with van der Waals surface area (Å²) in [4.78, 5) is 0. The fraction of sp³-hybridized carbons (Fsp3) is 0.0667. The number of nitrogens with zero attached hydrogens (tertiary/aromatic N) is 2. The highest BCUT2D eigenvalue weighted by molar-refractivity contribution is 6.31. The van der Waals surface area contributed by atoms with Gasteiger partial charge in [0.2, 0.25) is 0 Å². The topological polar surface area (TPSA) is 47.6 Å². The Labute approximate surface area is 115 Å². The summed E-state index contributed by atoms with van der Waals surface area (Å²) in [5, 5.41) is 18.8. The van der Waals surface area contributed by atoms with Crippen LogP contribution in [0.15, 0.2) is 42.5 Å². The maximum absolute atomic E-state index is 13.6. The molecule has 2 aromatic carbocycles. The lowest BCUT2D eigenvalue weighted by atomic mass is 9.89. The molecule has 0 fully saturated rings. The van der Waals surface area contributed by atoms with Crippen molar-refractivity contribution in [3.8, 4) is 12.1 Å². The third-order valence-electron chi connectivity index (χ3n) is 2.81. The highest BCUT2D eigenvalue weighted by Crippen LogP contribution is 2.32. The van der Waals surface area contributed by atoms with Crippen molar-refractivity contribution in [2.45, 2.75) is 5.92 Å². The fourth-order valence-corrected chi connectivity index (χ4v) is 2.16. The van der Waals surface area contributed by atoms with Crippen LogP contribution in [-0.2, 0) is 0 Å². The number of hydrogen-bond acceptors (Lipinski definition) is 2. The van der Waals surface area contributed by atoms with Crippen LogP contribution < -0.4 is 0 Å². The van der Waals surface area contributed by atoms with E-state index < -0.39 is 11.7 Å². The van der Waals surface area contributed by atoms with Crippen molar-refractivity contribution < 1.29 is 4.39 Å². The number of hydrogen-bond donors (Lipinski definition) is 0. The van der Waals surface area contributed by atoms with Crippen molar-refractivity contribution in [2.24, 2.45) is 0 Å². The number of halogens is 2. The summed E-state index contributed by atoms with van der Waals surface area (Å²) < 4.78 is 13.6. The third-order valence-corrected chi connectivity index (χ3v) is 3.16. The predicted octanol–water partition coefficient (Wildman–Crippen LogP) is 4.01. The van der Waals surface area contributed by atoms with E-state index in [0.717, 1.165) is 0 Å². The molecule has 0 aromatic heterocycles. The fourth-order valence-electron chi connectivity index (χ4n) is 1.92. The van der Waals surface area contributed by atoms with E-state index in [1.807, 2.05) is 0 Å². The van der Waals surface area contributed by atoms with Gasteiger partial charge in [0.15, 0.2) is 0 Å². The Balaban J connectivity index is 2.64. The van der Waals surface area contributed by atoms with Gasteiger partial charge in [0.1, 0.15) is 11.9 Å². The van der Waals surface area contributed by atoms with E-state index in [4.69, 9.17) is 16.9 Å². The Morgan fingerprint density at radius 3 is 2.32 bits per heavy atom. The third kappa shape index (κ3) is 2.42. The Morgan fingerprint density at radius 2 is 1.68 bits per heavy atom. The van der Waals surface area contributed by atoms with Gasteiger partial charge >= 0.3 is 0 Å². The summed E-state index contributed by atoms with van der Waals surface area (Å²) in [6.07, 6.45) is 0. The molecule has 0 bridgehead atoms. The first kappa shape index (κ1) is 13.1. The van der Waals surface area contributed by atoms with Gasteiger partial charge in [-0.3, -0.25) is 0 Å². The molecule has 1 atom stereocenters. The van der Waals surface area contributed by atoms with Crippen LogP contribution >= 0.6 is 11.6 Å². The second kappa shape index (κ2) is 5.52. The monoisotopic (exact) mass is 270 g/mol. The average Bonchev–Trinajstić information content (AvgIpc) is 2.42. The SMILES string of the molecule is N#Cc1c(F)cccc1C(C#N)c1ccccc1Cl. The van der Waals surface area contributed by atoms with Gasteiger partial charge < -0.3 is 0 Å². The molecule has 92 valence electrons. The van der Waals surface area contributed by atoms with Crippen LogP contribution in [0.5, 0.6) is 0 Å². The van der Waals surface area contributed by atoms with Crippen LogP contribution in [0.1, 0.15) is 22.6 Å². The molecule has 2 rings (SSSR count). The van der Waals surface area contributed by atoms with Gasteiger partial charge in [-0.15, -0.1) is 0 Å². The molecule has 1 unspecified atom stereocenters. The van der Waals surface area contributed by atoms with Gasteiger partial charge in [0.25, 0.3) is 0 Å². The normalized spacial score (nSPS) is 11.4. The minimum Gasteiger partial charge on any atom is -0.206 e. The molecule has 19 heavy (non-hydrogen) atoms. The zero-order valence-corrected chi connectivity index (χ0v) is 10.5. The maximum atomic E-state index is 13.6. The summed E-state index contributed by atoms with van der Waals surface area (Å²) in [6.45, 7) is 0. The lowest BCUT2D eigenvalue weighted by molar-refractivity contribution is 0.621. The van der Waals surface area contributed by atoms with Crippen molar-refractivity contribution in [1.29, 1.82) is 10.5 Å². The van der Waals surface area contributed by atoms with Gasteiger partial charge in [-0.2, -0.15) is 10.5 Å². The van der Waals surface area contributed by atoms with Crippen molar-refractivity contribution in [1.82, 2.24) is 0 Å². The van der Waals surface area contributed by atoms with Crippen LogP contribution in [-0.4, -0.2) is 0 Å². The predicted molar refractivity (Wildman–Crippen MR) is 70.0 cm³/mol. The Morgan fingerprint density at radius 1 is 1.00 bits per heavy atom. The first-order valence-corrected chi connectivity index (χ1v) is 5.89. The summed E-state index contributed by atoms with van der Waals surface area (Å²) >= 11 is 6.06. The van der Waals surface area contributed by atoms with Crippen LogP contribution in [0, 0.1) is 28.5 Å². The van der Waals surface area contributed by atoms with Crippen LogP contribution in [0.2, 0.25) is 5.02 Å². The molecule has 0 amide bonds. The van der Waals surface area contributed by atoms with Gasteiger partial charge in [0, 0.05) is 5.02 Å². The smallest absolute Gasteiger partial charge is 0.141 e. The summed E-state index contributed by atoms with van der Waals surface area (Å²) in [5.74, 6) is -1.40. The molecular formula is C15H8ClFN2. The van der Waals surface area contributed by atoms with E-state index in [-0.39, 0.29) is 5.56 Å². The van der Waals surface area contributed by atoms with Crippen LogP contribution in [0.3, 0.4) is 0 Å². The number of rotatable bonds is 2. The zero-order chi connectivity index (χ0) is 13.8. The quantitative estimate of drug-likeness (QED) is 0.828. The van der Waals surface area contributed by atoms with Crippen LogP contribution in [0.4, 0.5) is 4.39 Å². The van der Waals surface area contributed by atoms with Gasteiger partial charge in [-0.1, -0.05) is 41.9 Å². The number of benzene rings is 2. The summed E-state index contributed by atoms with van der Waals surface area (Å²) in [5.41, 5.74) is 0.779. The van der Waals surface area contributed by atoms with Crippen molar-refractivity contribution in [3.05, 3.63) is 70.0 Å². The van der Waals surface area contributed by atoms with Gasteiger partial charge in [-0.25, -0.2) is 4.39 Å². The molecule has 4 heteroatoms. The minimum atomic E-state index is -0.765. The minimum absolute atomic E-state index is 0.117. The van der Waals surface area contributed by atoms with E-state index >= 15 is 0 Å². The molecule has 2 aromatic rings. The average molecular weight is 271 g/mol. The molecule has 0 aliphatic carbocycles. The molecule has 0 N–H and O–H groups in total. The van der Waals surface area contributed by atoms with Crippen molar-refractivity contribution >= 4 is 11.6 Å². The number of nitriles is 2. The van der Waals surface area contributed by atoms with Crippen molar-refractivity contribution in [2.75, 3.05) is 0 Å². The lowest BCUT2D eigenvalue weighted by Crippen LogP contribution is -2.03. The lowest BCUT2D eigenvalue weighted by Gasteiger charge is -2.13. The largest absolute Gasteiger partial charge is 0.206 e. The Bertz CT molecular complexity index is 698. The second-order valence-electron chi connectivity index (χ2n) is 3.90. The van der Waals surface area contributed by atoms with Gasteiger partial charge in [-0.05, 0) is 23.3 Å². The molecule has 0 heterocycles. The van der Waals surface area contributed by atoms with E-state index in [1.165, 1.54) is 12.1 Å². The van der Waals surface area contributed by atoms with E-state index in [0.29, 0.717) is 16.1 Å². The summed E-state index contributed by atoms with van der Waals surface area (Å²) in [6, 6.07) is 15.0. The molecule has 0 spiro atoms. The first-order chi connectivity index (χ1) is 9.19. The Kier molecular flexibility index (Phi) is 3.80. The standard InChI is InChI=1S/C15H8ClFN2/c16-14-6-2-1-4-11(14)12(8-18)10-5-3-7-15(17)13(10)9-19/h1-7,12H. The highest BCUT2D eigenvalue weighted by Gasteiger charge is 2.21. The van der Waals surface area contributed by atoms with E-state index in [9.17, 15) is 9.65 Å². The molecular weight excluding hydrogens is 263 g/mol. The van der Waals surface area contributed by atoms with E-state index in [1.54, 1.807) is 36.4 Å².